The Bertz CT molecular complexity index is 830. The second kappa shape index (κ2) is 5.51. The largest absolute Gasteiger partial charge is 0.573 e. The Morgan fingerprint density at radius 1 is 1.17 bits per heavy atom. The normalized spacial score (nSPS) is 13.3. The number of hydrogen-bond donors (Lipinski definition) is 2. The number of pyridine rings is 1. The van der Waals surface area contributed by atoms with Gasteiger partial charge in [0.1, 0.15) is 29.0 Å². The van der Waals surface area contributed by atoms with Crippen molar-refractivity contribution in [3.8, 4) is 5.75 Å². The number of nitrogens with zero attached hydrogens (tertiary/aromatic N) is 2. The van der Waals surface area contributed by atoms with Gasteiger partial charge in [-0.2, -0.15) is 0 Å². The molecular weight excluding hydrogens is 318 g/mol. The van der Waals surface area contributed by atoms with Gasteiger partial charge in [-0.05, 0) is 17.7 Å². The molecule has 0 radical (unpaired) electrons. The molecule has 1 atom stereocenters. The Morgan fingerprint density at radius 2 is 1.87 bits per heavy atom. The molecule has 0 fully saturated rings. The quantitative estimate of drug-likeness (QED) is 0.725. The fourth-order valence-electron chi connectivity index (χ4n) is 2.03. The fraction of sp³-hybridized carbons (Fsp3) is 0.143. The number of halogens is 4. The molecule has 3 rings (SSSR count). The maximum atomic E-state index is 13.1. The van der Waals surface area contributed by atoms with Gasteiger partial charge in [-0.25, -0.2) is 14.4 Å². The van der Waals surface area contributed by atoms with Crippen LogP contribution in [0.15, 0.2) is 36.5 Å². The minimum atomic E-state index is -4.78. The minimum absolute atomic E-state index is 0.0996. The zero-order valence-electron chi connectivity index (χ0n) is 11.3. The highest BCUT2D eigenvalue weighted by Gasteiger charge is 2.31. The maximum absolute atomic E-state index is 13.1. The molecule has 2 heterocycles. The van der Waals surface area contributed by atoms with Gasteiger partial charge in [0.2, 0.25) is 0 Å². The van der Waals surface area contributed by atoms with Gasteiger partial charge < -0.3 is 14.8 Å². The number of imidazole rings is 1. The molecule has 0 spiro atoms. The molecule has 0 aliphatic heterocycles. The Kier molecular flexibility index (Phi) is 3.64. The lowest BCUT2D eigenvalue weighted by Gasteiger charge is -2.11. The summed E-state index contributed by atoms with van der Waals surface area (Å²) in [6, 6.07) is 5.84. The predicted molar refractivity (Wildman–Crippen MR) is 71.0 cm³/mol. The van der Waals surface area contributed by atoms with Gasteiger partial charge in [-0.15, -0.1) is 13.2 Å². The third-order valence-corrected chi connectivity index (χ3v) is 3.01. The van der Waals surface area contributed by atoms with E-state index in [2.05, 4.69) is 19.7 Å². The molecule has 2 aromatic heterocycles. The summed E-state index contributed by atoms with van der Waals surface area (Å²) in [5, 5.41) is 10.2. The van der Waals surface area contributed by atoms with Crippen LogP contribution in [0.5, 0.6) is 5.75 Å². The number of ether oxygens (including phenoxy) is 1. The molecule has 5 nitrogen and oxygen atoms in total. The first-order chi connectivity index (χ1) is 10.8. The number of H-pyrrole nitrogens is 1. The van der Waals surface area contributed by atoms with Crippen LogP contribution in [0.25, 0.3) is 11.2 Å². The Labute approximate surface area is 126 Å². The lowest BCUT2D eigenvalue weighted by molar-refractivity contribution is -0.274. The molecule has 0 amide bonds. The molecule has 0 saturated heterocycles. The van der Waals surface area contributed by atoms with Crippen LogP contribution in [-0.2, 0) is 0 Å². The van der Waals surface area contributed by atoms with Crippen molar-refractivity contribution < 1.29 is 27.4 Å². The van der Waals surface area contributed by atoms with Crippen molar-refractivity contribution in [3.05, 3.63) is 53.7 Å². The molecule has 9 heteroatoms. The molecule has 1 unspecified atom stereocenters. The van der Waals surface area contributed by atoms with E-state index in [9.17, 15) is 22.7 Å². The number of aliphatic hydroxyl groups is 1. The molecule has 0 saturated carbocycles. The van der Waals surface area contributed by atoms with Gasteiger partial charge in [0.25, 0.3) is 0 Å². The number of aromatic nitrogens is 3. The third kappa shape index (κ3) is 3.39. The van der Waals surface area contributed by atoms with Crippen molar-refractivity contribution in [1.82, 2.24) is 15.0 Å². The monoisotopic (exact) mass is 327 g/mol. The van der Waals surface area contributed by atoms with Gasteiger partial charge in [-0.3, -0.25) is 0 Å². The fourth-order valence-corrected chi connectivity index (χ4v) is 2.03. The first-order valence-corrected chi connectivity index (χ1v) is 6.37. The van der Waals surface area contributed by atoms with Crippen LogP contribution in [0.3, 0.4) is 0 Å². The van der Waals surface area contributed by atoms with Crippen molar-refractivity contribution >= 4 is 11.2 Å². The van der Waals surface area contributed by atoms with Crippen LogP contribution in [0, 0.1) is 5.82 Å². The molecule has 1 aromatic carbocycles. The standard InChI is InChI=1S/C14H9F4N3O2/c15-8-5-10-12(19-6-8)21-13(20-10)11(22)7-1-3-9(4-2-7)23-14(16,17)18/h1-6,11,22H,(H,19,20,21). The Balaban J connectivity index is 1.85. The molecule has 3 aromatic rings. The third-order valence-electron chi connectivity index (χ3n) is 3.01. The summed E-state index contributed by atoms with van der Waals surface area (Å²) in [7, 11) is 0. The van der Waals surface area contributed by atoms with Crippen LogP contribution in [0.1, 0.15) is 17.5 Å². The number of aliphatic hydroxyl groups excluding tert-OH is 1. The molecule has 120 valence electrons. The summed E-state index contributed by atoms with van der Waals surface area (Å²) >= 11 is 0. The number of alkyl halides is 3. The number of nitrogens with one attached hydrogen (secondary N) is 1. The van der Waals surface area contributed by atoms with Crippen LogP contribution in [0.2, 0.25) is 0 Å². The van der Waals surface area contributed by atoms with E-state index in [0.717, 1.165) is 24.4 Å². The highest BCUT2D eigenvalue weighted by atomic mass is 19.4. The van der Waals surface area contributed by atoms with Gasteiger partial charge >= 0.3 is 6.36 Å². The molecular formula is C14H9F4N3O2. The van der Waals surface area contributed by atoms with Crippen LogP contribution >= 0.6 is 0 Å². The first-order valence-electron chi connectivity index (χ1n) is 6.37. The van der Waals surface area contributed by atoms with Crippen molar-refractivity contribution in [2.24, 2.45) is 0 Å². The zero-order chi connectivity index (χ0) is 16.6. The van der Waals surface area contributed by atoms with Gasteiger partial charge in [0, 0.05) is 6.07 Å². The van der Waals surface area contributed by atoms with E-state index in [0.29, 0.717) is 5.56 Å². The van der Waals surface area contributed by atoms with Crippen molar-refractivity contribution in [1.29, 1.82) is 0 Å². The SMILES string of the molecule is OC(c1ccc(OC(F)(F)F)cc1)c1nc2cc(F)cnc2[nH]1. The van der Waals surface area contributed by atoms with Crippen LogP contribution in [-0.4, -0.2) is 26.4 Å². The summed E-state index contributed by atoms with van der Waals surface area (Å²) in [6.07, 6.45) is -5.01. The summed E-state index contributed by atoms with van der Waals surface area (Å²) in [6.45, 7) is 0. The molecule has 0 bridgehead atoms. The summed E-state index contributed by atoms with van der Waals surface area (Å²) < 4.78 is 53.1. The molecule has 0 aliphatic rings. The number of fused-ring (bicyclic) bond motifs is 1. The number of benzene rings is 1. The number of hydrogen-bond acceptors (Lipinski definition) is 4. The van der Waals surface area contributed by atoms with E-state index in [1.54, 1.807) is 0 Å². The average Bonchev–Trinajstić information content (AvgIpc) is 2.88. The highest BCUT2D eigenvalue weighted by molar-refractivity contribution is 5.70. The maximum Gasteiger partial charge on any atom is 0.573 e. The average molecular weight is 327 g/mol. The van der Waals surface area contributed by atoms with Gasteiger partial charge in [0.05, 0.1) is 6.20 Å². The number of rotatable bonds is 3. The molecule has 0 aliphatic carbocycles. The van der Waals surface area contributed by atoms with E-state index in [1.807, 2.05) is 0 Å². The minimum Gasteiger partial charge on any atom is -0.406 e. The lowest BCUT2D eigenvalue weighted by Crippen LogP contribution is -2.17. The van der Waals surface area contributed by atoms with E-state index in [1.165, 1.54) is 12.1 Å². The number of aromatic amines is 1. The van der Waals surface area contributed by atoms with E-state index >= 15 is 0 Å². The second-order valence-electron chi connectivity index (χ2n) is 4.66. The van der Waals surface area contributed by atoms with Crippen LogP contribution < -0.4 is 4.74 Å². The summed E-state index contributed by atoms with van der Waals surface area (Å²) in [4.78, 5) is 10.5. The lowest BCUT2D eigenvalue weighted by atomic mass is 10.1. The van der Waals surface area contributed by atoms with E-state index < -0.39 is 24.0 Å². The topological polar surface area (TPSA) is 71.0 Å². The second-order valence-corrected chi connectivity index (χ2v) is 4.66. The zero-order valence-corrected chi connectivity index (χ0v) is 11.3. The molecule has 2 N–H and O–H groups in total. The van der Waals surface area contributed by atoms with Crippen molar-refractivity contribution in [2.45, 2.75) is 12.5 Å². The van der Waals surface area contributed by atoms with Gasteiger partial charge in [-0.1, -0.05) is 12.1 Å². The van der Waals surface area contributed by atoms with E-state index in [4.69, 9.17) is 0 Å². The first kappa shape index (κ1) is 15.2. The Morgan fingerprint density at radius 3 is 2.52 bits per heavy atom. The summed E-state index contributed by atoms with van der Waals surface area (Å²) in [5.41, 5.74) is 0.813. The van der Waals surface area contributed by atoms with E-state index in [-0.39, 0.29) is 17.0 Å². The van der Waals surface area contributed by atoms with Gasteiger partial charge in [0.15, 0.2) is 5.65 Å². The van der Waals surface area contributed by atoms with Crippen molar-refractivity contribution in [3.63, 3.8) is 0 Å². The summed E-state index contributed by atoms with van der Waals surface area (Å²) in [5.74, 6) is -0.872. The molecule has 23 heavy (non-hydrogen) atoms. The predicted octanol–water partition coefficient (Wildman–Crippen LogP) is 3.08. The van der Waals surface area contributed by atoms with Crippen molar-refractivity contribution in [2.75, 3.05) is 0 Å². The van der Waals surface area contributed by atoms with Crippen LogP contribution in [0.4, 0.5) is 17.6 Å². The Hall–Kier alpha value is -2.68. The highest BCUT2D eigenvalue weighted by Crippen LogP contribution is 2.26. The smallest absolute Gasteiger partial charge is 0.406 e.